The molecule has 5 nitrogen and oxygen atoms in total. The molecule has 0 saturated carbocycles. The average Bonchev–Trinajstić information content (AvgIpc) is 2.90. The number of amides is 3. The molecule has 1 fully saturated rings. The summed E-state index contributed by atoms with van der Waals surface area (Å²) in [5.41, 5.74) is 1.52. The zero-order valence-electron chi connectivity index (χ0n) is 13.9. The van der Waals surface area contributed by atoms with E-state index in [4.69, 9.17) is 11.6 Å². The Morgan fingerprint density at radius 3 is 2.58 bits per heavy atom. The van der Waals surface area contributed by atoms with Crippen LogP contribution in [0.3, 0.4) is 0 Å². The van der Waals surface area contributed by atoms with E-state index in [0.717, 1.165) is 23.8 Å². The first kappa shape index (κ1) is 18.1. The van der Waals surface area contributed by atoms with E-state index in [1.54, 1.807) is 18.2 Å². The summed E-state index contributed by atoms with van der Waals surface area (Å²) < 4.78 is 26.7. The molecule has 0 aliphatic carbocycles. The fraction of sp³-hybridized carbons (Fsp3) is 0.222. The van der Waals surface area contributed by atoms with Crippen LogP contribution < -0.4 is 15.5 Å². The molecule has 2 aromatic rings. The molecule has 26 heavy (non-hydrogen) atoms. The summed E-state index contributed by atoms with van der Waals surface area (Å²) in [6.07, 6.45) is 0.0417. The number of carbonyl (C=O) groups is 2. The SMILES string of the molecule is Cc1ccc(Cl)cc1NC(=O)NC1CC(=O)N(c2cc(F)cc(F)c2)C1. The minimum absolute atomic E-state index is 0.0417. The van der Waals surface area contributed by atoms with Gasteiger partial charge in [-0.3, -0.25) is 4.79 Å². The van der Waals surface area contributed by atoms with Gasteiger partial charge in [0, 0.05) is 35.4 Å². The van der Waals surface area contributed by atoms with Crippen LogP contribution in [0.25, 0.3) is 0 Å². The number of nitrogens with one attached hydrogen (secondary N) is 2. The van der Waals surface area contributed by atoms with Gasteiger partial charge in [0.15, 0.2) is 0 Å². The second-order valence-electron chi connectivity index (χ2n) is 6.09. The van der Waals surface area contributed by atoms with Crippen molar-refractivity contribution in [2.75, 3.05) is 16.8 Å². The fourth-order valence-corrected chi connectivity index (χ4v) is 2.99. The van der Waals surface area contributed by atoms with Gasteiger partial charge < -0.3 is 15.5 Å². The Morgan fingerprint density at radius 2 is 1.88 bits per heavy atom. The maximum absolute atomic E-state index is 13.4. The number of aryl methyl sites for hydroxylation is 1. The third-order valence-corrected chi connectivity index (χ3v) is 4.30. The maximum atomic E-state index is 13.4. The van der Waals surface area contributed by atoms with Crippen molar-refractivity contribution in [3.8, 4) is 0 Å². The van der Waals surface area contributed by atoms with Crippen LogP contribution in [0.15, 0.2) is 36.4 Å². The van der Waals surface area contributed by atoms with Gasteiger partial charge in [-0.15, -0.1) is 0 Å². The number of benzene rings is 2. The molecule has 0 bridgehead atoms. The molecule has 3 amide bonds. The van der Waals surface area contributed by atoms with E-state index in [9.17, 15) is 18.4 Å². The van der Waals surface area contributed by atoms with Crippen LogP contribution in [0.4, 0.5) is 25.0 Å². The zero-order valence-corrected chi connectivity index (χ0v) is 14.6. The molecular weight excluding hydrogens is 364 g/mol. The molecule has 1 heterocycles. The third kappa shape index (κ3) is 4.11. The lowest BCUT2D eigenvalue weighted by molar-refractivity contribution is -0.117. The fourth-order valence-electron chi connectivity index (χ4n) is 2.82. The maximum Gasteiger partial charge on any atom is 0.319 e. The Bertz CT molecular complexity index is 855. The van der Waals surface area contributed by atoms with Crippen molar-refractivity contribution < 1.29 is 18.4 Å². The number of hydrogen-bond acceptors (Lipinski definition) is 2. The van der Waals surface area contributed by atoms with Crippen LogP contribution >= 0.6 is 11.6 Å². The highest BCUT2D eigenvalue weighted by atomic mass is 35.5. The van der Waals surface area contributed by atoms with E-state index in [0.29, 0.717) is 10.7 Å². The number of hydrogen-bond donors (Lipinski definition) is 2. The molecule has 8 heteroatoms. The van der Waals surface area contributed by atoms with E-state index in [2.05, 4.69) is 10.6 Å². The van der Waals surface area contributed by atoms with Crippen molar-refractivity contribution in [3.63, 3.8) is 0 Å². The highest BCUT2D eigenvalue weighted by Gasteiger charge is 2.32. The van der Waals surface area contributed by atoms with Crippen LogP contribution in [0.1, 0.15) is 12.0 Å². The monoisotopic (exact) mass is 379 g/mol. The molecule has 3 rings (SSSR count). The lowest BCUT2D eigenvalue weighted by Crippen LogP contribution is -2.39. The topological polar surface area (TPSA) is 61.4 Å². The Hall–Kier alpha value is -2.67. The van der Waals surface area contributed by atoms with Gasteiger partial charge in [-0.1, -0.05) is 17.7 Å². The minimum Gasteiger partial charge on any atom is -0.333 e. The largest absolute Gasteiger partial charge is 0.333 e. The van der Waals surface area contributed by atoms with Gasteiger partial charge in [0.25, 0.3) is 0 Å². The molecule has 0 spiro atoms. The normalized spacial score (nSPS) is 16.7. The molecule has 1 saturated heterocycles. The van der Waals surface area contributed by atoms with Gasteiger partial charge in [0.1, 0.15) is 11.6 Å². The van der Waals surface area contributed by atoms with Crippen LogP contribution in [-0.4, -0.2) is 24.5 Å². The number of halogens is 3. The highest BCUT2D eigenvalue weighted by Crippen LogP contribution is 2.24. The first-order valence-electron chi connectivity index (χ1n) is 7.92. The summed E-state index contributed by atoms with van der Waals surface area (Å²) in [7, 11) is 0. The smallest absolute Gasteiger partial charge is 0.319 e. The van der Waals surface area contributed by atoms with Gasteiger partial charge in [-0.2, -0.15) is 0 Å². The summed E-state index contributed by atoms with van der Waals surface area (Å²) in [6.45, 7) is 1.95. The number of nitrogens with zero attached hydrogens (tertiary/aromatic N) is 1. The van der Waals surface area contributed by atoms with Crippen molar-refractivity contribution in [1.82, 2.24) is 5.32 Å². The van der Waals surface area contributed by atoms with Crippen molar-refractivity contribution in [3.05, 3.63) is 58.6 Å². The zero-order chi connectivity index (χ0) is 18.8. The van der Waals surface area contributed by atoms with Gasteiger partial charge >= 0.3 is 6.03 Å². The summed E-state index contributed by atoms with van der Waals surface area (Å²) in [5.74, 6) is -1.85. The van der Waals surface area contributed by atoms with Crippen LogP contribution in [-0.2, 0) is 4.79 Å². The molecule has 1 aliphatic rings. The van der Waals surface area contributed by atoms with Crippen LogP contribution in [0.2, 0.25) is 5.02 Å². The van der Waals surface area contributed by atoms with Crippen LogP contribution in [0.5, 0.6) is 0 Å². The van der Waals surface area contributed by atoms with E-state index >= 15 is 0 Å². The van der Waals surface area contributed by atoms with E-state index in [1.165, 1.54) is 4.90 Å². The lowest BCUT2D eigenvalue weighted by atomic mass is 10.2. The summed E-state index contributed by atoms with van der Waals surface area (Å²) in [6, 6.07) is 7.05. The minimum atomic E-state index is -0.765. The molecule has 2 aromatic carbocycles. The second kappa shape index (κ2) is 7.29. The van der Waals surface area contributed by atoms with E-state index in [-0.39, 0.29) is 24.6 Å². The molecule has 0 aromatic heterocycles. The predicted octanol–water partition coefficient (Wildman–Crippen LogP) is 3.85. The number of carbonyl (C=O) groups excluding carboxylic acids is 2. The van der Waals surface area contributed by atoms with Gasteiger partial charge in [-0.25, -0.2) is 13.6 Å². The first-order chi connectivity index (χ1) is 12.3. The van der Waals surface area contributed by atoms with Gasteiger partial charge in [0.2, 0.25) is 5.91 Å². The Morgan fingerprint density at radius 1 is 1.19 bits per heavy atom. The van der Waals surface area contributed by atoms with Crippen molar-refractivity contribution >= 4 is 34.9 Å². The highest BCUT2D eigenvalue weighted by molar-refractivity contribution is 6.31. The molecule has 0 radical (unpaired) electrons. The average molecular weight is 380 g/mol. The van der Waals surface area contributed by atoms with Crippen molar-refractivity contribution in [2.24, 2.45) is 0 Å². The van der Waals surface area contributed by atoms with Gasteiger partial charge in [-0.05, 0) is 36.8 Å². The van der Waals surface area contributed by atoms with Crippen LogP contribution in [0, 0.1) is 18.6 Å². The molecule has 136 valence electrons. The molecular formula is C18H16ClF2N3O2. The first-order valence-corrected chi connectivity index (χ1v) is 8.30. The van der Waals surface area contributed by atoms with Gasteiger partial charge in [0.05, 0.1) is 6.04 Å². The second-order valence-corrected chi connectivity index (χ2v) is 6.53. The third-order valence-electron chi connectivity index (χ3n) is 4.07. The molecule has 1 unspecified atom stereocenters. The summed E-state index contributed by atoms with van der Waals surface area (Å²) >= 11 is 5.92. The Kier molecular flexibility index (Phi) is 5.08. The number of anilines is 2. The Balaban J connectivity index is 1.65. The summed E-state index contributed by atoms with van der Waals surface area (Å²) in [4.78, 5) is 25.6. The van der Waals surface area contributed by atoms with Crippen molar-refractivity contribution in [1.29, 1.82) is 0 Å². The molecule has 1 atom stereocenters. The molecule has 1 aliphatic heterocycles. The number of rotatable bonds is 3. The number of urea groups is 1. The standard InChI is InChI=1S/C18H16ClF2N3O2/c1-10-2-3-11(19)4-16(10)23-18(26)22-14-8-17(25)24(9-14)15-6-12(20)5-13(21)7-15/h2-7,14H,8-9H2,1H3,(H2,22,23,26). The van der Waals surface area contributed by atoms with E-state index < -0.39 is 23.7 Å². The Labute approximate surface area is 153 Å². The predicted molar refractivity (Wildman–Crippen MR) is 95.5 cm³/mol. The van der Waals surface area contributed by atoms with E-state index in [1.807, 2.05) is 6.92 Å². The summed E-state index contributed by atoms with van der Waals surface area (Å²) in [5, 5.41) is 5.86. The quantitative estimate of drug-likeness (QED) is 0.850. The lowest BCUT2D eigenvalue weighted by Gasteiger charge is -2.18. The van der Waals surface area contributed by atoms with Crippen molar-refractivity contribution in [2.45, 2.75) is 19.4 Å². The molecule has 2 N–H and O–H groups in total.